The number of carbonyl (C=O) groups is 2. The summed E-state index contributed by atoms with van der Waals surface area (Å²) in [5, 5.41) is 2.79. The molecule has 2 aromatic carbocycles. The molecule has 1 N–H and O–H groups in total. The molecule has 1 atom stereocenters. The van der Waals surface area contributed by atoms with E-state index >= 15 is 0 Å². The van der Waals surface area contributed by atoms with Gasteiger partial charge in [0.25, 0.3) is 0 Å². The zero-order chi connectivity index (χ0) is 23.7. The smallest absolute Gasteiger partial charge is 0.247 e. The van der Waals surface area contributed by atoms with E-state index < -0.39 is 27.4 Å². The normalized spacial score (nSPS) is 19.8. The van der Waals surface area contributed by atoms with Crippen molar-refractivity contribution < 1.29 is 22.4 Å². The maximum atomic E-state index is 13.4. The lowest BCUT2D eigenvalue weighted by atomic mass is 9.93. The van der Waals surface area contributed by atoms with Gasteiger partial charge in [0.2, 0.25) is 21.8 Å². The van der Waals surface area contributed by atoms with Gasteiger partial charge in [-0.1, -0.05) is 18.2 Å². The molecule has 32 heavy (non-hydrogen) atoms. The Morgan fingerprint density at radius 2 is 1.72 bits per heavy atom. The number of hydrogen-bond donors (Lipinski definition) is 1. The van der Waals surface area contributed by atoms with Crippen molar-refractivity contribution in [3.05, 3.63) is 65.0 Å². The van der Waals surface area contributed by atoms with Crippen LogP contribution in [-0.4, -0.2) is 48.9 Å². The number of sulfonamides is 1. The predicted octanol–water partition coefficient (Wildman–Crippen LogP) is 2.52. The number of carbonyl (C=O) groups excluding carboxylic acids is 2. The fraction of sp³-hybridized carbons (Fsp3) is 0.391. The molecule has 0 aromatic heterocycles. The first-order chi connectivity index (χ1) is 15.0. The molecule has 3 rings (SSSR count). The summed E-state index contributed by atoms with van der Waals surface area (Å²) in [4.78, 5) is 28.0. The summed E-state index contributed by atoms with van der Waals surface area (Å²) >= 11 is 0. The molecule has 0 unspecified atom stereocenters. The van der Waals surface area contributed by atoms with Crippen molar-refractivity contribution in [1.29, 1.82) is 0 Å². The summed E-state index contributed by atoms with van der Waals surface area (Å²) in [5.41, 5.74) is 1.59. The number of piperazine rings is 1. The number of hydrogen-bond acceptors (Lipinski definition) is 4. The second-order valence-corrected chi connectivity index (χ2v) is 10.6. The Balaban J connectivity index is 1.99. The fourth-order valence-corrected chi connectivity index (χ4v) is 5.12. The maximum absolute atomic E-state index is 13.4. The molecule has 9 heteroatoms. The van der Waals surface area contributed by atoms with Crippen molar-refractivity contribution >= 4 is 27.5 Å². The Morgan fingerprint density at radius 3 is 2.28 bits per heavy atom. The second-order valence-electron chi connectivity index (χ2n) is 8.33. The van der Waals surface area contributed by atoms with Gasteiger partial charge < -0.3 is 5.32 Å². The number of halogens is 1. The summed E-state index contributed by atoms with van der Waals surface area (Å²) in [5.74, 6) is -1.52. The third-order valence-electron chi connectivity index (χ3n) is 5.62. The number of rotatable bonds is 6. The van der Waals surface area contributed by atoms with Gasteiger partial charge in [-0.2, -0.15) is 4.31 Å². The topological polar surface area (TPSA) is 86.8 Å². The van der Waals surface area contributed by atoms with E-state index in [2.05, 4.69) is 5.32 Å². The van der Waals surface area contributed by atoms with E-state index in [4.69, 9.17) is 0 Å². The molecule has 0 spiro atoms. The maximum Gasteiger partial charge on any atom is 0.247 e. The zero-order valence-electron chi connectivity index (χ0n) is 18.7. The number of nitrogens with zero attached hydrogens (tertiary/aromatic N) is 2. The Kier molecular flexibility index (Phi) is 6.71. The van der Waals surface area contributed by atoms with Crippen molar-refractivity contribution in [2.75, 3.05) is 23.7 Å². The highest BCUT2D eigenvalue weighted by molar-refractivity contribution is 7.89. The first-order valence-electron chi connectivity index (χ1n) is 10.4. The molecule has 2 aromatic rings. The molecular formula is C23H28FN3O4S. The summed E-state index contributed by atoms with van der Waals surface area (Å²) < 4.78 is 39.4. The van der Waals surface area contributed by atoms with Gasteiger partial charge in [0.1, 0.15) is 11.4 Å². The Hall–Kier alpha value is -2.78. The molecule has 1 aliphatic heterocycles. The van der Waals surface area contributed by atoms with E-state index in [0.717, 1.165) is 15.4 Å². The van der Waals surface area contributed by atoms with E-state index in [9.17, 15) is 22.4 Å². The van der Waals surface area contributed by atoms with Gasteiger partial charge in [-0.3, -0.25) is 14.5 Å². The number of nitrogens with one attached hydrogen (secondary N) is 1. The largest absolute Gasteiger partial charge is 0.350 e. The van der Waals surface area contributed by atoms with Gasteiger partial charge >= 0.3 is 0 Å². The zero-order valence-corrected chi connectivity index (χ0v) is 19.5. The van der Waals surface area contributed by atoms with Crippen LogP contribution in [0.1, 0.15) is 30.5 Å². The minimum atomic E-state index is -3.69. The number of aryl methyl sites for hydroxylation is 2. The van der Waals surface area contributed by atoms with Crippen LogP contribution in [0.25, 0.3) is 0 Å². The Bertz CT molecular complexity index is 1110. The summed E-state index contributed by atoms with van der Waals surface area (Å²) in [6.45, 7) is 6.47. The standard InChI is InChI=1S/C23H28FN3O4S/c1-5-32(30,31)26-14-21(28)27(20-11-16(2)10-17(3)12-20)23(4,15-26)22(29)25-13-18-6-8-19(24)9-7-18/h6-12H,5,13-15H2,1-4H3,(H,25,29)/t23-/m1/s1. The van der Waals surface area contributed by atoms with Crippen molar-refractivity contribution in [3.8, 4) is 0 Å². The van der Waals surface area contributed by atoms with Crippen LogP contribution in [0.4, 0.5) is 10.1 Å². The van der Waals surface area contributed by atoms with Crippen molar-refractivity contribution in [1.82, 2.24) is 9.62 Å². The van der Waals surface area contributed by atoms with Gasteiger partial charge in [0.15, 0.2) is 0 Å². The number of amides is 2. The van der Waals surface area contributed by atoms with Crippen LogP contribution in [0.5, 0.6) is 0 Å². The van der Waals surface area contributed by atoms with Crippen LogP contribution < -0.4 is 10.2 Å². The summed E-state index contributed by atoms with van der Waals surface area (Å²) in [7, 11) is -3.69. The Labute approximate surface area is 188 Å². The SMILES string of the molecule is CCS(=O)(=O)N1CC(=O)N(c2cc(C)cc(C)c2)[C@@](C)(C(=O)NCc2ccc(F)cc2)C1. The first-order valence-corrected chi connectivity index (χ1v) is 12.0. The number of anilines is 1. The molecular weight excluding hydrogens is 433 g/mol. The first kappa shape index (κ1) is 23.9. The third kappa shape index (κ3) is 4.83. The van der Waals surface area contributed by atoms with E-state index in [1.165, 1.54) is 24.0 Å². The highest BCUT2D eigenvalue weighted by Gasteiger charge is 2.50. The minimum Gasteiger partial charge on any atom is -0.350 e. The number of benzene rings is 2. The van der Waals surface area contributed by atoms with Crippen LogP contribution in [0.2, 0.25) is 0 Å². The molecule has 0 bridgehead atoms. The highest BCUT2D eigenvalue weighted by atomic mass is 32.2. The molecule has 1 fully saturated rings. The van der Waals surface area contributed by atoms with Crippen molar-refractivity contribution in [2.24, 2.45) is 0 Å². The van der Waals surface area contributed by atoms with E-state index in [0.29, 0.717) is 11.3 Å². The van der Waals surface area contributed by atoms with Crippen LogP contribution in [0, 0.1) is 19.7 Å². The lowest BCUT2D eigenvalue weighted by Gasteiger charge is -2.46. The average molecular weight is 462 g/mol. The molecule has 0 saturated carbocycles. The molecule has 1 saturated heterocycles. The van der Waals surface area contributed by atoms with Crippen LogP contribution in [-0.2, 0) is 26.2 Å². The molecule has 172 valence electrons. The van der Waals surface area contributed by atoms with Crippen molar-refractivity contribution in [3.63, 3.8) is 0 Å². The quantitative estimate of drug-likeness (QED) is 0.716. The van der Waals surface area contributed by atoms with Crippen LogP contribution >= 0.6 is 0 Å². The van der Waals surface area contributed by atoms with E-state index in [1.54, 1.807) is 31.2 Å². The Morgan fingerprint density at radius 1 is 1.12 bits per heavy atom. The second kappa shape index (κ2) is 8.99. The summed E-state index contributed by atoms with van der Waals surface area (Å²) in [6.07, 6.45) is 0. The molecule has 1 aliphatic rings. The van der Waals surface area contributed by atoms with E-state index in [-0.39, 0.29) is 31.2 Å². The summed E-state index contributed by atoms with van der Waals surface area (Å²) in [6, 6.07) is 11.3. The average Bonchev–Trinajstić information content (AvgIpc) is 2.71. The lowest BCUT2D eigenvalue weighted by Crippen LogP contribution is -2.70. The minimum absolute atomic E-state index is 0.115. The predicted molar refractivity (Wildman–Crippen MR) is 121 cm³/mol. The molecule has 1 heterocycles. The van der Waals surface area contributed by atoms with Gasteiger partial charge in [0.05, 0.1) is 12.3 Å². The van der Waals surface area contributed by atoms with Gasteiger partial charge in [-0.25, -0.2) is 12.8 Å². The van der Waals surface area contributed by atoms with E-state index in [1.807, 2.05) is 19.9 Å². The van der Waals surface area contributed by atoms with Crippen molar-refractivity contribution in [2.45, 2.75) is 39.8 Å². The van der Waals surface area contributed by atoms with Gasteiger partial charge in [-0.15, -0.1) is 0 Å². The van der Waals surface area contributed by atoms with Crippen LogP contribution in [0.3, 0.4) is 0 Å². The molecule has 0 aliphatic carbocycles. The fourth-order valence-electron chi connectivity index (χ4n) is 4.00. The monoisotopic (exact) mass is 461 g/mol. The van der Waals surface area contributed by atoms with Crippen LogP contribution in [0.15, 0.2) is 42.5 Å². The molecule has 7 nitrogen and oxygen atoms in total. The highest BCUT2D eigenvalue weighted by Crippen LogP contribution is 2.32. The van der Waals surface area contributed by atoms with Gasteiger partial charge in [0, 0.05) is 18.8 Å². The molecule has 0 radical (unpaired) electrons. The van der Waals surface area contributed by atoms with Gasteiger partial charge in [-0.05, 0) is 68.7 Å². The molecule has 2 amide bonds. The lowest BCUT2D eigenvalue weighted by molar-refractivity contribution is -0.133. The third-order valence-corrected chi connectivity index (χ3v) is 7.39.